The Labute approximate surface area is 101 Å². The summed E-state index contributed by atoms with van der Waals surface area (Å²) in [5, 5.41) is 3.12. The minimum Gasteiger partial charge on any atom is -0.492 e. The van der Waals surface area contributed by atoms with Gasteiger partial charge in [0.05, 0.1) is 12.3 Å². The number of ether oxygens (including phenoxy) is 1. The van der Waals surface area contributed by atoms with Crippen LogP contribution < -0.4 is 10.1 Å². The number of nitrogens with one attached hydrogen (secondary N) is 1. The summed E-state index contributed by atoms with van der Waals surface area (Å²) in [6.07, 6.45) is 3.59. The Bertz CT molecular complexity index is 483. The van der Waals surface area contributed by atoms with Gasteiger partial charge in [-0.3, -0.25) is 4.98 Å². The van der Waals surface area contributed by atoms with Gasteiger partial charge < -0.3 is 10.1 Å². The van der Waals surface area contributed by atoms with Crippen molar-refractivity contribution in [2.75, 3.05) is 19.0 Å². The van der Waals surface area contributed by atoms with Gasteiger partial charge in [0.15, 0.2) is 0 Å². The predicted octanol–water partition coefficient (Wildman–Crippen LogP) is 3.19. The normalized spacial score (nSPS) is 10.0. The van der Waals surface area contributed by atoms with Crippen LogP contribution in [0.4, 0.5) is 5.69 Å². The van der Waals surface area contributed by atoms with E-state index in [1.165, 1.54) is 0 Å². The third kappa shape index (κ3) is 2.56. The van der Waals surface area contributed by atoms with Gasteiger partial charge in [0, 0.05) is 19.4 Å². The molecule has 1 N–H and O–H groups in total. The molecular formula is C14H16N2O. The lowest BCUT2D eigenvalue weighted by molar-refractivity contribution is 0.342. The van der Waals surface area contributed by atoms with Gasteiger partial charge in [0.2, 0.25) is 0 Å². The molecule has 17 heavy (non-hydrogen) atoms. The quantitative estimate of drug-likeness (QED) is 0.872. The second-order valence-corrected chi connectivity index (χ2v) is 3.63. The van der Waals surface area contributed by atoms with E-state index in [0.29, 0.717) is 6.61 Å². The first-order valence-electron chi connectivity index (χ1n) is 5.70. The Hall–Kier alpha value is -2.03. The minimum atomic E-state index is 0.661. The van der Waals surface area contributed by atoms with E-state index in [-0.39, 0.29) is 0 Å². The van der Waals surface area contributed by atoms with Crippen molar-refractivity contribution in [2.45, 2.75) is 6.92 Å². The zero-order valence-corrected chi connectivity index (χ0v) is 10.1. The molecule has 0 aliphatic rings. The number of hydrogen-bond acceptors (Lipinski definition) is 3. The smallest absolute Gasteiger partial charge is 0.142 e. The topological polar surface area (TPSA) is 34.1 Å². The summed E-state index contributed by atoms with van der Waals surface area (Å²) >= 11 is 0. The molecule has 0 bridgehead atoms. The van der Waals surface area contributed by atoms with Crippen molar-refractivity contribution in [1.82, 2.24) is 4.98 Å². The molecule has 3 heteroatoms. The number of anilines is 1. The number of rotatable bonds is 4. The van der Waals surface area contributed by atoms with Crippen LogP contribution in [0, 0.1) is 0 Å². The summed E-state index contributed by atoms with van der Waals surface area (Å²) in [5.41, 5.74) is 3.28. The van der Waals surface area contributed by atoms with E-state index >= 15 is 0 Å². The molecule has 2 aromatic rings. The molecule has 0 aliphatic carbocycles. The fourth-order valence-corrected chi connectivity index (χ4v) is 1.73. The molecule has 0 unspecified atom stereocenters. The maximum Gasteiger partial charge on any atom is 0.142 e. The second kappa shape index (κ2) is 5.34. The average molecular weight is 228 g/mol. The third-order valence-corrected chi connectivity index (χ3v) is 2.56. The zero-order chi connectivity index (χ0) is 12.1. The summed E-state index contributed by atoms with van der Waals surface area (Å²) in [5.74, 6) is 0.879. The second-order valence-electron chi connectivity index (χ2n) is 3.63. The molecule has 0 spiro atoms. The van der Waals surface area contributed by atoms with Crippen molar-refractivity contribution in [3.8, 4) is 16.9 Å². The van der Waals surface area contributed by atoms with E-state index in [1.807, 2.05) is 38.2 Å². The molecule has 0 fully saturated rings. The molecule has 0 aliphatic heterocycles. The van der Waals surface area contributed by atoms with Crippen LogP contribution in [0.2, 0.25) is 0 Å². The molecule has 2 rings (SSSR count). The van der Waals surface area contributed by atoms with E-state index in [9.17, 15) is 0 Å². The highest BCUT2D eigenvalue weighted by atomic mass is 16.5. The first-order valence-corrected chi connectivity index (χ1v) is 5.70. The lowest BCUT2D eigenvalue weighted by Gasteiger charge is -2.11. The fraction of sp³-hybridized carbons (Fsp3) is 0.214. The summed E-state index contributed by atoms with van der Waals surface area (Å²) in [6.45, 7) is 2.65. The zero-order valence-electron chi connectivity index (χ0n) is 10.1. The van der Waals surface area contributed by atoms with Crippen LogP contribution in [0.3, 0.4) is 0 Å². The largest absolute Gasteiger partial charge is 0.492 e. The average Bonchev–Trinajstić information content (AvgIpc) is 2.40. The van der Waals surface area contributed by atoms with Crippen LogP contribution >= 0.6 is 0 Å². The summed E-state index contributed by atoms with van der Waals surface area (Å²) < 4.78 is 5.61. The predicted molar refractivity (Wildman–Crippen MR) is 70.4 cm³/mol. The highest BCUT2D eigenvalue weighted by Crippen LogP contribution is 2.30. The maximum absolute atomic E-state index is 5.61. The summed E-state index contributed by atoms with van der Waals surface area (Å²) in [6, 6.07) is 10.1. The molecule has 1 aromatic carbocycles. The first kappa shape index (κ1) is 11.5. The first-order chi connectivity index (χ1) is 8.35. The molecule has 0 amide bonds. The minimum absolute atomic E-state index is 0.661. The monoisotopic (exact) mass is 228 g/mol. The molecule has 3 nitrogen and oxygen atoms in total. The number of aromatic nitrogens is 1. The summed E-state index contributed by atoms with van der Waals surface area (Å²) in [4.78, 5) is 4.02. The van der Waals surface area contributed by atoms with E-state index in [4.69, 9.17) is 4.74 Å². The number of pyridine rings is 1. The standard InChI is InChI=1S/C14H16N2O/c1-3-17-14-10-12(4-5-13(14)15-2)11-6-8-16-9-7-11/h4-10,15H,3H2,1-2H3. The lowest BCUT2D eigenvalue weighted by atomic mass is 10.1. The van der Waals surface area contributed by atoms with Crippen LogP contribution in [0.5, 0.6) is 5.75 Å². The maximum atomic E-state index is 5.61. The van der Waals surface area contributed by atoms with Crippen molar-refractivity contribution in [1.29, 1.82) is 0 Å². The molecule has 0 saturated heterocycles. The number of benzene rings is 1. The summed E-state index contributed by atoms with van der Waals surface area (Å²) in [7, 11) is 1.89. The van der Waals surface area contributed by atoms with Gasteiger partial charge in [-0.1, -0.05) is 6.07 Å². The van der Waals surface area contributed by atoms with E-state index in [2.05, 4.69) is 16.4 Å². The van der Waals surface area contributed by atoms with Crippen molar-refractivity contribution in [2.24, 2.45) is 0 Å². The van der Waals surface area contributed by atoms with Crippen LogP contribution in [0.1, 0.15) is 6.92 Å². The number of nitrogens with zero attached hydrogens (tertiary/aromatic N) is 1. The highest BCUT2D eigenvalue weighted by Gasteiger charge is 2.04. The van der Waals surface area contributed by atoms with Crippen LogP contribution in [-0.2, 0) is 0 Å². The molecule has 0 radical (unpaired) electrons. The van der Waals surface area contributed by atoms with Crippen LogP contribution in [0.15, 0.2) is 42.7 Å². The third-order valence-electron chi connectivity index (χ3n) is 2.56. The molecule has 88 valence electrons. The molecular weight excluding hydrogens is 212 g/mol. The number of hydrogen-bond donors (Lipinski definition) is 1. The molecule has 0 saturated carbocycles. The van der Waals surface area contributed by atoms with E-state index < -0.39 is 0 Å². The van der Waals surface area contributed by atoms with Crippen molar-refractivity contribution < 1.29 is 4.74 Å². The lowest BCUT2D eigenvalue weighted by Crippen LogP contribution is -1.97. The van der Waals surface area contributed by atoms with Gasteiger partial charge in [-0.2, -0.15) is 0 Å². The van der Waals surface area contributed by atoms with Crippen LogP contribution in [-0.4, -0.2) is 18.6 Å². The van der Waals surface area contributed by atoms with E-state index in [0.717, 1.165) is 22.6 Å². The van der Waals surface area contributed by atoms with E-state index in [1.54, 1.807) is 12.4 Å². The van der Waals surface area contributed by atoms with Crippen LogP contribution in [0.25, 0.3) is 11.1 Å². The Kier molecular flexibility index (Phi) is 3.60. The van der Waals surface area contributed by atoms with Gasteiger partial charge >= 0.3 is 0 Å². The molecule has 0 atom stereocenters. The Morgan fingerprint density at radius 3 is 2.53 bits per heavy atom. The van der Waals surface area contributed by atoms with Gasteiger partial charge in [-0.25, -0.2) is 0 Å². The Balaban J connectivity index is 2.40. The van der Waals surface area contributed by atoms with Crippen molar-refractivity contribution in [3.63, 3.8) is 0 Å². The Morgan fingerprint density at radius 1 is 1.12 bits per heavy atom. The van der Waals surface area contributed by atoms with Gasteiger partial charge in [-0.05, 0) is 42.3 Å². The Morgan fingerprint density at radius 2 is 1.88 bits per heavy atom. The highest BCUT2D eigenvalue weighted by molar-refractivity contribution is 5.70. The van der Waals surface area contributed by atoms with Gasteiger partial charge in [0.1, 0.15) is 5.75 Å². The SMILES string of the molecule is CCOc1cc(-c2ccncc2)ccc1NC. The van der Waals surface area contributed by atoms with Crippen molar-refractivity contribution in [3.05, 3.63) is 42.7 Å². The fourth-order valence-electron chi connectivity index (χ4n) is 1.73. The molecule has 1 aromatic heterocycles. The van der Waals surface area contributed by atoms with Crippen molar-refractivity contribution >= 4 is 5.69 Å². The van der Waals surface area contributed by atoms with Gasteiger partial charge in [-0.15, -0.1) is 0 Å². The molecule has 1 heterocycles. The van der Waals surface area contributed by atoms with Gasteiger partial charge in [0.25, 0.3) is 0 Å².